The molecule has 0 aromatic heterocycles. The first kappa shape index (κ1) is 24.3. The first-order valence-corrected chi connectivity index (χ1v) is 16.0. The Morgan fingerprint density at radius 3 is 1.94 bits per heavy atom. The Morgan fingerprint density at radius 2 is 1.36 bits per heavy atom. The number of rotatable bonds is 8. The molecule has 1 nitrogen and oxygen atoms in total. The summed E-state index contributed by atoms with van der Waals surface area (Å²) in [6, 6.07) is 22.5. The van der Waals surface area contributed by atoms with E-state index in [2.05, 4.69) is 44.2 Å². The molecule has 1 heterocycles. The fourth-order valence-electron chi connectivity index (χ4n) is 6.44. The fraction of sp³-hybridized carbons (Fsp3) is 0.581. The molecule has 1 saturated heterocycles. The van der Waals surface area contributed by atoms with E-state index in [1.165, 1.54) is 60.8 Å². The normalized spacial score (nSPS) is 25.6. The van der Waals surface area contributed by atoms with Crippen molar-refractivity contribution in [3.05, 3.63) is 59.7 Å². The molecule has 2 aromatic rings. The summed E-state index contributed by atoms with van der Waals surface area (Å²) in [5, 5.41) is 8.98. The van der Waals surface area contributed by atoms with Crippen molar-refractivity contribution in [2.24, 2.45) is 17.8 Å². The van der Waals surface area contributed by atoms with Crippen LogP contribution >= 0.6 is 0 Å². The lowest BCUT2D eigenvalue weighted by atomic mass is 9.84. The van der Waals surface area contributed by atoms with Gasteiger partial charge >= 0.3 is 0 Å². The van der Waals surface area contributed by atoms with E-state index in [1.54, 1.807) is 37.8 Å². The lowest BCUT2D eigenvalue weighted by Crippen LogP contribution is -2.29. The Labute approximate surface area is 204 Å². The van der Waals surface area contributed by atoms with Gasteiger partial charge in [-0.3, -0.25) is 0 Å². The van der Waals surface area contributed by atoms with Crippen LogP contribution in [0.25, 0.3) is 11.1 Å². The Kier molecular flexibility index (Phi) is 8.85. The van der Waals surface area contributed by atoms with Crippen molar-refractivity contribution in [3.63, 3.8) is 0 Å². The van der Waals surface area contributed by atoms with Gasteiger partial charge in [-0.15, -0.1) is 0 Å². The molecule has 0 amide bonds. The molecule has 2 aliphatic rings. The highest BCUT2D eigenvalue weighted by Gasteiger charge is 2.31. The van der Waals surface area contributed by atoms with Gasteiger partial charge in [-0.05, 0) is 65.0 Å². The van der Waals surface area contributed by atoms with Crippen LogP contribution in [0.2, 0.25) is 17.6 Å². The average Bonchev–Trinajstić information content (AvgIpc) is 2.87. The smallest absolute Gasteiger partial charge is 0.0991 e. The summed E-state index contributed by atoms with van der Waals surface area (Å²) >= 11 is 0. The van der Waals surface area contributed by atoms with Crippen molar-refractivity contribution in [1.82, 2.24) is 0 Å². The maximum Gasteiger partial charge on any atom is 0.0991 e. The summed E-state index contributed by atoms with van der Waals surface area (Å²) in [6.45, 7) is 4.76. The van der Waals surface area contributed by atoms with Crippen LogP contribution in [-0.4, -0.2) is 8.80 Å². The minimum Gasteiger partial charge on any atom is -0.192 e. The maximum absolute atomic E-state index is 8.98. The van der Waals surface area contributed by atoms with Crippen LogP contribution in [0.1, 0.15) is 82.8 Å². The minimum atomic E-state index is -0.480. The molecular formula is C31H43NSi. The lowest BCUT2D eigenvalue weighted by Gasteiger charge is -2.37. The number of aryl methyl sites for hydroxylation is 1. The first-order chi connectivity index (χ1) is 16.1. The van der Waals surface area contributed by atoms with Crippen LogP contribution in [0, 0.1) is 29.1 Å². The van der Waals surface area contributed by atoms with Crippen LogP contribution in [0.4, 0.5) is 0 Å². The highest BCUT2D eigenvalue weighted by molar-refractivity contribution is 6.60. The Balaban J connectivity index is 1.17. The molecule has 1 aliphatic heterocycles. The maximum atomic E-state index is 8.98. The van der Waals surface area contributed by atoms with E-state index in [0.717, 1.165) is 23.3 Å². The van der Waals surface area contributed by atoms with E-state index in [-0.39, 0.29) is 0 Å². The van der Waals surface area contributed by atoms with Crippen LogP contribution < -0.4 is 0 Å². The van der Waals surface area contributed by atoms with E-state index in [1.807, 2.05) is 24.3 Å². The van der Waals surface area contributed by atoms with Crippen molar-refractivity contribution in [3.8, 4) is 17.2 Å². The molecule has 1 saturated carbocycles. The minimum absolute atomic E-state index is 0.480. The van der Waals surface area contributed by atoms with Crippen molar-refractivity contribution >= 4 is 8.80 Å². The molecule has 0 atom stereocenters. The summed E-state index contributed by atoms with van der Waals surface area (Å²) in [7, 11) is -0.480. The van der Waals surface area contributed by atoms with Crippen molar-refractivity contribution in [1.29, 1.82) is 5.26 Å². The van der Waals surface area contributed by atoms with E-state index in [9.17, 15) is 0 Å². The van der Waals surface area contributed by atoms with Crippen LogP contribution in [0.15, 0.2) is 48.5 Å². The van der Waals surface area contributed by atoms with Gasteiger partial charge in [0.2, 0.25) is 0 Å². The summed E-state index contributed by atoms with van der Waals surface area (Å²) in [4.78, 5) is 0. The van der Waals surface area contributed by atoms with Crippen LogP contribution in [0.3, 0.4) is 0 Å². The van der Waals surface area contributed by atoms with Gasteiger partial charge in [0.25, 0.3) is 0 Å². The van der Waals surface area contributed by atoms with Gasteiger partial charge < -0.3 is 0 Å². The lowest BCUT2D eigenvalue weighted by molar-refractivity contribution is 0.312. The van der Waals surface area contributed by atoms with Gasteiger partial charge in [0.05, 0.1) is 11.6 Å². The molecule has 33 heavy (non-hydrogen) atoms. The van der Waals surface area contributed by atoms with E-state index in [4.69, 9.17) is 5.26 Å². The highest BCUT2D eigenvalue weighted by Crippen LogP contribution is 2.42. The molecule has 176 valence electrons. The van der Waals surface area contributed by atoms with Crippen LogP contribution in [0.5, 0.6) is 0 Å². The first-order valence-electron chi connectivity index (χ1n) is 13.7. The second-order valence-corrected chi connectivity index (χ2v) is 15.1. The second-order valence-electron chi connectivity index (χ2n) is 11.5. The molecule has 0 radical (unpaired) electrons. The third-order valence-corrected chi connectivity index (χ3v) is 12.9. The molecule has 1 aliphatic carbocycles. The molecule has 2 heteroatoms. The zero-order valence-electron chi connectivity index (χ0n) is 20.9. The zero-order chi connectivity index (χ0) is 23.0. The third-order valence-electron chi connectivity index (χ3n) is 8.74. The SMILES string of the molecule is CC(C)CCC1CCC([Si@H]2CC[C@H](CCc3ccc(-c4ccc(C#N)cc4)cc3)CC2)CC1. The fourth-order valence-corrected chi connectivity index (χ4v) is 10.8. The summed E-state index contributed by atoms with van der Waals surface area (Å²) in [5.41, 5.74) is 5.82. The number of nitrogens with zero attached hydrogens (tertiary/aromatic N) is 1. The molecule has 4 rings (SSSR count). The number of nitriles is 1. The molecule has 2 aromatic carbocycles. The molecule has 0 N–H and O–H groups in total. The Morgan fingerprint density at radius 1 is 0.788 bits per heavy atom. The highest BCUT2D eigenvalue weighted by atomic mass is 28.3. The second kappa shape index (κ2) is 12.0. The van der Waals surface area contributed by atoms with Crippen molar-refractivity contribution < 1.29 is 0 Å². The number of hydrogen-bond acceptors (Lipinski definition) is 1. The van der Waals surface area contributed by atoms with Crippen molar-refractivity contribution in [2.45, 2.75) is 95.7 Å². The summed E-state index contributed by atoms with van der Waals surface area (Å²) < 4.78 is 0. The van der Waals surface area contributed by atoms with E-state index in [0.29, 0.717) is 0 Å². The van der Waals surface area contributed by atoms with Gasteiger partial charge in [0, 0.05) is 8.80 Å². The molecule has 0 unspecified atom stereocenters. The number of benzene rings is 2. The molecule has 0 spiro atoms. The van der Waals surface area contributed by atoms with Gasteiger partial charge in [0.1, 0.15) is 0 Å². The average molecular weight is 458 g/mol. The third kappa shape index (κ3) is 7.06. The monoisotopic (exact) mass is 457 g/mol. The van der Waals surface area contributed by atoms with E-state index >= 15 is 0 Å². The largest absolute Gasteiger partial charge is 0.192 e. The standard InChI is InChI=1S/C31H43NSi/c1-24(2)3-4-25-11-17-31(18-12-25)33-21-19-27(20-22-33)6-5-26-7-13-29(14-8-26)30-15-9-28(23-32)10-16-30/h7-10,13-16,24-25,27,31,33H,3-6,11-12,17-22H2,1-2H3/t25?,27-,31?,33-. The molecule has 2 fully saturated rings. The predicted octanol–water partition coefficient (Wildman–Crippen LogP) is 8.79. The summed E-state index contributed by atoms with van der Waals surface area (Å²) in [5.74, 6) is 2.90. The quantitative estimate of drug-likeness (QED) is 0.363. The van der Waals surface area contributed by atoms with Crippen molar-refractivity contribution in [2.75, 3.05) is 0 Å². The Bertz CT molecular complexity index is 876. The molecule has 0 bridgehead atoms. The van der Waals surface area contributed by atoms with Crippen LogP contribution in [-0.2, 0) is 6.42 Å². The predicted molar refractivity (Wildman–Crippen MR) is 144 cm³/mol. The van der Waals surface area contributed by atoms with Gasteiger partial charge in [-0.25, -0.2) is 0 Å². The van der Waals surface area contributed by atoms with Gasteiger partial charge in [-0.1, -0.05) is 114 Å². The van der Waals surface area contributed by atoms with Gasteiger partial charge in [0.15, 0.2) is 0 Å². The summed E-state index contributed by atoms with van der Waals surface area (Å²) in [6.07, 6.45) is 14.8. The van der Waals surface area contributed by atoms with E-state index < -0.39 is 8.80 Å². The zero-order valence-corrected chi connectivity index (χ0v) is 22.1. The molecular weight excluding hydrogens is 414 g/mol. The topological polar surface area (TPSA) is 23.8 Å². The Hall–Kier alpha value is -1.85. The van der Waals surface area contributed by atoms with Gasteiger partial charge in [-0.2, -0.15) is 5.26 Å². The number of hydrogen-bond donors (Lipinski definition) is 0.